The normalized spacial score (nSPS) is 24.0. The van der Waals surface area contributed by atoms with Crippen LogP contribution >= 0.6 is 0 Å². The van der Waals surface area contributed by atoms with Crippen molar-refractivity contribution in [2.75, 3.05) is 27.2 Å². The van der Waals surface area contributed by atoms with Crippen LogP contribution in [0, 0.1) is 5.41 Å². The lowest BCUT2D eigenvalue weighted by Crippen LogP contribution is -2.43. The standard InChI is InChI=1S/C14H20N2O3/c1-15(2)10-11-9-14(4-3-12(11)17)5-7-16(8-6-14)13(18)19/h3-4,10H,5-9H2,1-2H3,(H,18,19). The lowest BCUT2D eigenvalue weighted by molar-refractivity contribution is -0.112. The minimum Gasteiger partial charge on any atom is -0.465 e. The molecule has 1 saturated heterocycles. The Balaban J connectivity index is 2.12. The van der Waals surface area contributed by atoms with Crippen molar-refractivity contribution in [1.29, 1.82) is 0 Å². The number of piperidine rings is 1. The molecule has 1 spiro atoms. The van der Waals surface area contributed by atoms with Crippen molar-refractivity contribution in [3.8, 4) is 0 Å². The van der Waals surface area contributed by atoms with Crippen LogP contribution in [0.3, 0.4) is 0 Å². The second-order valence-corrected chi connectivity index (χ2v) is 5.62. The van der Waals surface area contributed by atoms with E-state index in [4.69, 9.17) is 5.11 Å². The summed E-state index contributed by atoms with van der Waals surface area (Å²) >= 11 is 0. The van der Waals surface area contributed by atoms with Gasteiger partial charge in [0.1, 0.15) is 0 Å². The average Bonchev–Trinajstić information content (AvgIpc) is 2.34. The van der Waals surface area contributed by atoms with E-state index in [0.29, 0.717) is 19.5 Å². The molecule has 0 unspecified atom stereocenters. The van der Waals surface area contributed by atoms with Crippen molar-refractivity contribution in [1.82, 2.24) is 9.80 Å². The molecule has 0 aromatic heterocycles. The fraction of sp³-hybridized carbons (Fsp3) is 0.571. The van der Waals surface area contributed by atoms with Gasteiger partial charge in [-0.1, -0.05) is 6.08 Å². The van der Waals surface area contributed by atoms with Crippen LogP contribution in [0.25, 0.3) is 0 Å². The highest BCUT2D eigenvalue weighted by molar-refractivity contribution is 6.05. The molecule has 1 fully saturated rings. The van der Waals surface area contributed by atoms with Gasteiger partial charge in [0.05, 0.1) is 0 Å². The summed E-state index contributed by atoms with van der Waals surface area (Å²) in [5.74, 6) is 0.0694. The molecule has 0 atom stereocenters. The van der Waals surface area contributed by atoms with Crippen molar-refractivity contribution in [3.63, 3.8) is 0 Å². The van der Waals surface area contributed by atoms with E-state index < -0.39 is 6.09 Å². The highest BCUT2D eigenvalue weighted by atomic mass is 16.4. The Labute approximate surface area is 113 Å². The second-order valence-electron chi connectivity index (χ2n) is 5.62. The SMILES string of the molecule is CN(C)C=C1CC2(C=CC1=O)CCN(C(=O)O)CC2. The molecule has 5 heteroatoms. The molecule has 1 aliphatic carbocycles. The largest absolute Gasteiger partial charge is 0.465 e. The molecular weight excluding hydrogens is 244 g/mol. The molecule has 0 bridgehead atoms. The van der Waals surface area contributed by atoms with Gasteiger partial charge in [0.15, 0.2) is 5.78 Å². The predicted octanol–water partition coefficient (Wildman–Crippen LogP) is 1.72. The first-order valence-electron chi connectivity index (χ1n) is 6.50. The molecule has 1 aliphatic heterocycles. The quantitative estimate of drug-likeness (QED) is 0.733. The first-order chi connectivity index (χ1) is 8.92. The van der Waals surface area contributed by atoms with E-state index >= 15 is 0 Å². The van der Waals surface area contributed by atoms with Crippen LogP contribution in [-0.2, 0) is 4.79 Å². The molecule has 0 aromatic rings. The zero-order valence-corrected chi connectivity index (χ0v) is 11.4. The van der Waals surface area contributed by atoms with E-state index in [1.54, 1.807) is 6.08 Å². The van der Waals surface area contributed by atoms with Gasteiger partial charge in [0.25, 0.3) is 0 Å². The molecule has 0 saturated carbocycles. The fourth-order valence-electron chi connectivity index (χ4n) is 2.79. The van der Waals surface area contributed by atoms with Gasteiger partial charge in [-0.05, 0) is 30.8 Å². The third-order valence-electron chi connectivity index (χ3n) is 3.89. The highest BCUT2D eigenvalue weighted by Gasteiger charge is 2.37. The van der Waals surface area contributed by atoms with Crippen LogP contribution < -0.4 is 0 Å². The van der Waals surface area contributed by atoms with Crippen LogP contribution in [0.4, 0.5) is 4.79 Å². The van der Waals surface area contributed by atoms with Gasteiger partial charge in [-0.15, -0.1) is 0 Å². The maximum absolute atomic E-state index is 11.8. The summed E-state index contributed by atoms with van der Waals surface area (Å²) in [7, 11) is 3.80. The molecule has 1 heterocycles. The maximum atomic E-state index is 11.8. The van der Waals surface area contributed by atoms with Gasteiger partial charge >= 0.3 is 6.09 Å². The molecule has 1 amide bonds. The molecule has 2 aliphatic rings. The Hall–Kier alpha value is -1.78. The number of likely N-dealkylation sites (tertiary alicyclic amines) is 1. The molecular formula is C14H20N2O3. The highest BCUT2D eigenvalue weighted by Crippen LogP contribution is 2.41. The van der Waals surface area contributed by atoms with Crippen molar-refractivity contribution in [2.24, 2.45) is 5.41 Å². The molecule has 5 nitrogen and oxygen atoms in total. The van der Waals surface area contributed by atoms with E-state index in [9.17, 15) is 9.59 Å². The average molecular weight is 264 g/mol. The summed E-state index contributed by atoms with van der Waals surface area (Å²) in [5.41, 5.74) is 0.776. The first-order valence-corrected chi connectivity index (χ1v) is 6.50. The number of amides is 1. The van der Waals surface area contributed by atoms with Gasteiger partial charge < -0.3 is 14.9 Å². The summed E-state index contributed by atoms with van der Waals surface area (Å²) in [4.78, 5) is 26.1. The molecule has 1 N–H and O–H groups in total. The zero-order valence-electron chi connectivity index (χ0n) is 11.4. The number of carbonyl (C=O) groups excluding carboxylic acids is 1. The Morgan fingerprint density at radius 1 is 1.42 bits per heavy atom. The minimum absolute atomic E-state index is 0.0400. The summed E-state index contributed by atoms with van der Waals surface area (Å²) in [5, 5.41) is 8.97. The third kappa shape index (κ3) is 2.97. The van der Waals surface area contributed by atoms with Gasteiger partial charge in [-0.3, -0.25) is 4.79 Å². The Morgan fingerprint density at radius 2 is 2.05 bits per heavy atom. The van der Waals surface area contributed by atoms with E-state index in [0.717, 1.165) is 18.4 Å². The maximum Gasteiger partial charge on any atom is 0.407 e. The Morgan fingerprint density at radius 3 is 2.58 bits per heavy atom. The number of ketones is 1. The number of allylic oxidation sites excluding steroid dienone is 3. The second kappa shape index (κ2) is 5.07. The Bertz CT molecular complexity index is 444. The van der Waals surface area contributed by atoms with Crippen molar-refractivity contribution < 1.29 is 14.7 Å². The van der Waals surface area contributed by atoms with Crippen LogP contribution in [0.15, 0.2) is 23.9 Å². The predicted molar refractivity (Wildman–Crippen MR) is 71.8 cm³/mol. The summed E-state index contributed by atoms with van der Waals surface area (Å²) < 4.78 is 0. The summed E-state index contributed by atoms with van der Waals surface area (Å²) in [6, 6.07) is 0. The number of hydrogen-bond donors (Lipinski definition) is 1. The van der Waals surface area contributed by atoms with Gasteiger partial charge in [0, 0.05) is 39.0 Å². The molecule has 19 heavy (non-hydrogen) atoms. The summed E-state index contributed by atoms with van der Waals surface area (Å²) in [6.07, 6.45) is 6.94. The minimum atomic E-state index is -0.852. The van der Waals surface area contributed by atoms with E-state index in [2.05, 4.69) is 0 Å². The van der Waals surface area contributed by atoms with Crippen LogP contribution in [0.5, 0.6) is 0 Å². The molecule has 104 valence electrons. The number of carboxylic acid groups (broad SMARTS) is 1. The topological polar surface area (TPSA) is 60.9 Å². The molecule has 0 radical (unpaired) electrons. The first kappa shape index (κ1) is 13.6. The monoisotopic (exact) mass is 264 g/mol. The van der Waals surface area contributed by atoms with E-state index in [1.165, 1.54) is 4.90 Å². The lowest BCUT2D eigenvalue weighted by Gasteiger charge is -2.41. The number of rotatable bonds is 1. The Kier molecular flexibility index (Phi) is 3.64. The number of nitrogens with zero attached hydrogens (tertiary/aromatic N) is 2. The van der Waals surface area contributed by atoms with Crippen molar-refractivity contribution >= 4 is 11.9 Å². The van der Waals surface area contributed by atoms with Crippen molar-refractivity contribution in [3.05, 3.63) is 23.9 Å². The zero-order chi connectivity index (χ0) is 14.0. The lowest BCUT2D eigenvalue weighted by atomic mass is 9.70. The van der Waals surface area contributed by atoms with Gasteiger partial charge in [0.2, 0.25) is 0 Å². The smallest absolute Gasteiger partial charge is 0.407 e. The van der Waals surface area contributed by atoms with E-state index in [1.807, 2.05) is 31.3 Å². The van der Waals surface area contributed by atoms with E-state index in [-0.39, 0.29) is 11.2 Å². The van der Waals surface area contributed by atoms with Gasteiger partial charge in [-0.2, -0.15) is 0 Å². The van der Waals surface area contributed by atoms with Crippen LogP contribution in [-0.4, -0.2) is 54.0 Å². The number of carbonyl (C=O) groups is 2. The molecule has 0 aromatic carbocycles. The summed E-state index contributed by atoms with van der Waals surface area (Å²) in [6.45, 7) is 1.09. The third-order valence-corrected chi connectivity index (χ3v) is 3.89. The molecule has 2 rings (SSSR count). The van der Waals surface area contributed by atoms with Crippen LogP contribution in [0.1, 0.15) is 19.3 Å². The van der Waals surface area contributed by atoms with Crippen LogP contribution in [0.2, 0.25) is 0 Å². The van der Waals surface area contributed by atoms with Crippen molar-refractivity contribution in [2.45, 2.75) is 19.3 Å². The van der Waals surface area contributed by atoms with Gasteiger partial charge in [-0.25, -0.2) is 4.79 Å². The fourth-order valence-corrected chi connectivity index (χ4v) is 2.79. The number of hydrogen-bond acceptors (Lipinski definition) is 3.